The van der Waals surface area contributed by atoms with Crippen molar-refractivity contribution in [2.24, 2.45) is 0 Å². The average molecular weight is 344 g/mol. The van der Waals surface area contributed by atoms with Gasteiger partial charge in [0.05, 0.1) is 19.9 Å². The highest BCUT2D eigenvalue weighted by Gasteiger charge is 2.08. The zero-order valence-corrected chi connectivity index (χ0v) is 14.8. The minimum absolute atomic E-state index is 0.0669. The summed E-state index contributed by atoms with van der Waals surface area (Å²) in [6.07, 6.45) is 2.15. The second-order valence-electron chi connectivity index (χ2n) is 5.38. The molecule has 134 valence electrons. The van der Waals surface area contributed by atoms with Crippen LogP contribution in [0.15, 0.2) is 42.5 Å². The lowest BCUT2D eigenvalue weighted by Crippen LogP contribution is -2.32. The number of rotatable bonds is 8. The summed E-state index contributed by atoms with van der Waals surface area (Å²) in [5, 5.41) is 5.35. The van der Waals surface area contributed by atoms with E-state index in [0.29, 0.717) is 22.9 Å². The molecule has 0 atom stereocenters. The third-order valence-electron chi connectivity index (χ3n) is 3.59. The third-order valence-corrected chi connectivity index (χ3v) is 3.59. The lowest BCUT2D eigenvalue weighted by atomic mass is 10.1. The maximum Gasteiger partial charge on any atom is 0.321 e. The fourth-order valence-corrected chi connectivity index (χ4v) is 2.29. The number of anilines is 1. The van der Waals surface area contributed by atoms with E-state index in [2.05, 4.69) is 17.6 Å². The fraction of sp³-hybridized carbons (Fsp3) is 0.316. The van der Waals surface area contributed by atoms with Crippen LogP contribution in [0.2, 0.25) is 0 Å². The topological polar surface area (TPSA) is 68.8 Å². The molecule has 6 nitrogen and oxygen atoms in total. The summed E-state index contributed by atoms with van der Waals surface area (Å²) in [5.74, 6) is 1.88. The van der Waals surface area contributed by atoms with Crippen LogP contribution in [0.4, 0.5) is 10.5 Å². The van der Waals surface area contributed by atoms with Crippen LogP contribution in [0.1, 0.15) is 18.9 Å². The van der Waals surface area contributed by atoms with Gasteiger partial charge in [-0.3, -0.25) is 0 Å². The van der Waals surface area contributed by atoms with E-state index in [9.17, 15) is 4.79 Å². The van der Waals surface area contributed by atoms with Crippen LogP contribution in [-0.4, -0.2) is 27.0 Å². The summed E-state index contributed by atoms with van der Waals surface area (Å²) >= 11 is 0. The van der Waals surface area contributed by atoms with Crippen molar-refractivity contribution in [3.63, 3.8) is 0 Å². The van der Waals surface area contributed by atoms with Gasteiger partial charge in [0.2, 0.25) is 0 Å². The second-order valence-corrected chi connectivity index (χ2v) is 5.38. The molecule has 2 aromatic rings. The van der Waals surface area contributed by atoms with Gasteiger partial charge in [0.25, 0.3) is 0 Å². The molecule has 2 amide bonds. The molecule has 0 aliphatic rings. The van der Waals surface area contributed by atoms with Crippen molar-refractivity contribution in [3.05, 3.63) is 48.0 Å². The Morgan fingerprint density at radius 3 is 2.36 bits per heavy atom. The molecular weight excluding hydrogens is 320 g/mol. The first-order valence-corrected chi connectivity index (χ1v) is 8.15. The average Bonchev–Trinajstić information content (AvgIpc) is 2.63. The Hall–Kier alpha value is -2.89. The lowest BCUT2D eigenvalue weighted by Gasteiger charge is -2.13. The Balaban J connectivity index is 1.82. The van der Waals surface area contributed by atoms with E-state index in [1.807, 2.05) is 24.3 Å². The van der Waals surface area contributed by atoms with Crippen molar-refractivity contribution in [3.8, 4) is 17.2 Å². The number of aryl methyl sites for hydroxylation is 1. The van der Waals surface area contributed by atoms with Crippen LogP contribution in [0.5, 0.6) is 17.2 Å². The minimum Gasteiger partial charge on any atom is -0.497 e. The summed E-state index contributed by atoms with van der Waals surface area (Å²) in [6, 6.07) is 12.6. The first-order valence-electron chi connectivity index (χ1n) is 8.15. The molecule has 0 heterocycles. The summed E-state index contributed by atoms with van der Waals surface area (Å²) in [4.78, 5) is 12.0. The molecule has 0 aliphatic carbocycles. The molecule has 6 heteroatoms. The molecule has 2 N–H and O–H groups in total. The molecule has 0 saturated heterocycles. The zero-order chi connectivity index (χ0) is 18.1. The Morgan fingerprint density at radius 1 is 1.00 bits per heavy atom. The second kappa shape index (κ2) is 9.42. The molecule has 0 aromatic heterocycles. The van der Waals surface area contributed by atoms with Gasteiger partial charge in [0.15, 0.2) is 6.73 Å². The van der Waals surface area contributed by atoms with Crippen molar-refractivity contribution in [2.45, 2.75) is 19.8 Å². The van der Waals surface area contributed by atoms with Crippen LogP contribution in [0.3, 0.4) is 0 Å². The number of urea groups is 1. The van der Waals surface area contributed by atoms with Gasteiger partial charge in [-0.2, -0.15) is 0 Å². The number of amides is 2. The quantitative estimate of drug-likeness (QED) is 0.715. The maximum atomic E-state index is 12.0. The minimum atomic E-state index is -0.383. The maximum absolute atomic E-state index is 12.0. The van der Waals surface area contributed by atoms with Gasteiger partial charge in [-0.25, -0.2) is 4.79 Å². The van der Waals surface area contributed by atoms with Crippen molar-refractivity contribution >= 4 is 11.7 Å². The Morgan fingerprint density at radius 2 is 1.72 bits per heavy atom. The molecule has 2 rings (SSSR count). The normalized spacial score (nSPS) is 10.0. The summed E-state index contributed by atoms with van der Waals surface area (Å²) < 4.78 is 15.9. The predicted octanol–water partition coefficient (Wildman–Crippen LogP) is 3.81. The number of ether oxygens (including phenoxy) is 3. The van der Waals surface area contributed by atoms with Gasteiger partial charge >= 0.3 is 6.03 Å². The molecule has 0 fully saturated rings. The number of hydrogen-bond donors (Lipinski definition) is 2. The van der Waals surface area contributed by atoms with E-state index in [1.165, 1.54) is 12.7 Å². The largest absolute Gasteiger partial charge is 0.497 e. The van der Waals surface area contributed by atoms with Crippen LogP contribution in [-0.2, 0) is 6.42 Å². The van der Waals surface area contributed by atoms with Gasteiger partial charge in [-0.1, -0.05) is 25.5 Å². The summed E-state index contributed by atoms with van der Waals surface area (Å²) in [5.41, 5.74) is 1.82. The van der Waals surface area contributed by atoms with Crippen LogP contribution < -0.4 is 24.8 Å². The van der Waals surface area contributed by atoms with Gasteiger partial charge in [0, 0.05) is 6.07 Å². The Kier molecular flexibility index (Phi) is 6.95. The van der Waals surface area contributed by atoms with E-state index in [1.54, 1.807) is 25.3 Å². The SMILES string of the molecule is CCCc1ccc(OCNC(=O)Nc2ccc(OC)cc2OC)cc1. The van der Waals surface area contributed by atoms with E-state index in [4.69, 9.17) is 14.2 Å². The molecule has 0 unspecified atom stereocenters. The standard InChI is InChI=1S/C19H24N2O4/c1-4-5-14-6-8-15(9-7-14)25-13-20-19(22)21-17-11-10-16(23-2)12-18(17)24-3/h6-12H,4-5,13H2,1-3H3,(H2,20,21,22). The zero-order valence-electron chi connectivity index (χ0n) is 14.8. The van der Waals surface area contributed by atoms with Crippen LogP contribution >= 0.6 is 0 Å². The number of methoxy groups -OCH3 is 2. The highest BCUT2D eigenvalue weighted by Crippen LogP contribution is 2.28. The first-order chi connectivity index (χ1) is 12.2. The molecule has 25 heavy (non-hydrogen) atoms. The highest BCUT2D eigenvalue weighted by molar-refractivity contribution is 5.91. The molecule has 0 saturated carbocycles. The summed E-state index contributed by atoms with van der Waals surface area (Å²) in [7, 11) is 3.10. The van der Waals surface area contributed by atoms with Crippen molar-refractivity contribution in [2.75, 3.05) is 26.3 Å². The molecule has 0 aliphatic heterocycles. The predicted molar refractivity (Wildman–Crippen MR) is 97.6 cm³/mol. The van der Waals surface area contributed by atoms with Crippen LogP contribution in [0.25, 0.3) is 0 Å². The number of carbonyl (C=O) groups is 1. The highest BCUT2D eigenvalue weighted by atomic mass is 16.5. The van der Waals surface area contributed by atoms with E-state index >= 15 is 0 Å². The number of benzene rings is 2. The monoisotopic (exact) mass is 344 g/mol. The van der Waals surface area contributed by atoms with Crippen LogP contribution in [0, 0.1) is 0 Å². The molecule has 0 radical (unpaired) electrons. The molecule has 0 spiro atoms. The number of carbonyl (C=O) groups excluding carboxylic acids is 1. The van der Waals surface area contributed by atoms with Gasteiger partial charge < -0.3 is 24.8 Å². The fourth-order valence-electron chi connectivity index (χ4n) is 2.29. The lowest BCUT2D eigenvalue weighted by molar-refractivity contribution is 0.234. The van der Waals surface area contributed by atoms with Crippen molar-refractivity contribution < 1.29 is 19.0 Å². The van der Waals surface area contributed by atoms with E-state index in [0.717, 1.165) is 12.8 Å². The third kappa shape index (κ3) is 5.60. The Labute approximate surface area is 148 Å². The smallest absolute Gasteiger partial charge is 0.321 e. The van der Waals surface area contributed by atoms with Gasteiger partial charge in [0.1, 0.15) is 17.2 Å². The molecule has 0 bridgehead atoms. The van der Waals surface area contributed by atoms with Crippen molar-refractivity contribution in [1.82, 2.24) is 5.32 Å². The number of nitrogens with one attached hydrogen (secondary N) is 2. The Bertz CT molecular complexity index is 686. The van der Waals surface area contributed by atoms with E-state index < -0.39 is 0 Å². The van der Waals surface area contributed by atoms with Gasteiger partial charge in [-0.05, 0) is 36.2 Å². The first kappa shape index (κ1) is 18.4. The van der Waals surface area contributed by atoms with E-state index in [-0.39, 0.29) is 12.8 Å². The van der Waals surface area contributed by atoms with Gasteiger partial charge in [-0.15, -0.1) is 0 Å². The molecule has 2 aromatic carbocycles. The van der Waals surface area contributed by atoms with Crippen molar-refractivity contribution in [1.29, 1.82) is 0 Å². The number of hydrogen-bond acceptors (Lipinski definition) is 4. The summed E-state index contributed by atoms with van der Waals surface area (Å²) in [6.45, 7) is 2.21. The molecular formula is C19H24N2O4.